The standard InChI is InChI=1S/C13H19NO3/c1-2-17-12-7-4-3-6-11(12)10-14-9-5-8-13(15)16/h3-4,6-7,14H,2,5,8-10H2,1H3,(H,15,16). The normalized spacial score (nSPS) is 10.2. The number of ether oxygens (including phenoxy) is 1. The molecule has 0 bridgehead atoms. The fourth-order valence-corrected chi connectivity index (χ4v) is 1.53. The van der Waals surface area contributed by atoms with Gasteiger partial charge in [0.1, 0.15) is 5.75 Å². The molecule has 0 radical (unpaired) electrons. The van der Waals surface area contributed by atoms with Gasteiger partial charge in [-0.05, 0) is 26.0 Å². The van der Waals surface area contributed by atoms with Crippen molar-refractivity contribution in [3.05, 3.63) is 29.8 Å². The van der Waals surface area contributed by atoms with E-state index >= 15 is 0 Å². The number of carboxylic acids is 1. The highest BCUT2D eigenvalue weighted by atomic mass is 16.5. The monoisotopic (exact) mass is 237 g/mol. The van der Waals surface area contributed by atoms with Crippen LogP contribution in [-0.4, -0.2) is 24.2 Å². The van der Waals surface area contributed by atoms with Crippen LogP contribution >= 0.6 is 0 Å². The molecule has 0 saturated carbocycles. The number of nitrogens with one attached hydrogen (secondary N) is 1. The van der Waals surface area contributed by atoms with Crippen molar-refractivity contribution in [1.82, 2.24) is 5.32 Å². The minimum atomic E-state index is -0.749. The predicted octanol–water partition coefficient (Wildman–Crippen LogP) is 2.04. The molecule has 0 unspecified atom stereocenters. The zero-order valence-electron chi connectivity index (χ0n) is 10.1. The molecule has 0 aliphatic rings. The molecule has 4 heteroatoms. The lowest BCUT2D eigenvalue weighted by molar-refractivity contribution is -0.137. The van der Waals surface area contributed by atoms with Crippen molar-refractivity contribution in [3.8, 4) is 5.75 Å². The Hall–Kier alpha value is -1.55. The van der Waals surface area contributed by atoms with Crippen LogP contribution in [0.25, 0.3) is 0 Å². The summed E-state index contributed by atoms with van der Waals surface area (Å²) >= 11 is 0. The van der Waals surface area contributed by atoms with E-state index in [2.05, 4.69) is 5.32 Å². The van der Waals surface area contributed by atoms with Gasteiger partial charge in [0.2, 0.25) is 0 Å². The molecular weight excluding hydrogens is 218 g/mol. The van der Waals surface area contributed by atoms with Crippen molar-refractivity contribution in [2.75, 3.05) is 13.2 Å². The maximum absolute atomic E-state index is 10.3. The molecular formula is C13H19NO3. The summed E-state index contributed by atoms with van der Waals surface area (Å²) < 4.78 is 5.50. The SMILES string of the molecule is CCOc1ccccc1CNCCCC(=O)O. The van der Waals surface area contributed by atoms with Gasteiger partial charge in [0.15, 0.2) is 0 Å². The summed E-state index contributed by atoms with van der Waals surface area (Å²) in [7, 11) is 0. The number of hydrogen-bond donors (Lipinski definition) is 2. The summed E-state index contributed by atoms with van der Waals surface area (Å²) in [6.07, 6.45) is 0.853. The summed E-state index contributed by atoms with van der Waals surface area (Å²) in [4.78, 5) is 10.3. The van der Waals surface area contributed by atoms with Crippen LogP contribution in [0.2, 0.25) is 0 Å². The molecule has 0 spiro atoms. The highest BCUT2D eigenvalue weighted by molar-refractivity contribution is 5.66. The van der Waals surface area contributed by atoms with Gasteiger partial charge in [-0.1, -0.05) is 18.2 Å². The van der Waals surface area contributed by atoms with E-state index in [4.69, 9.17) is 9.84 Å². The van der Waals surface area contributed by atoms with E-state index in [1.165, 1.54) is 0 Å². The third-order valence-corrected chi connectivity index (χ3v) is 2.33. The van der Waals surface area contributed by atoms with Gasteiger partial charge in [0.25, 0.3) is 0 Å². The van der Waals surface area contributed by atoms with Gasteiger partial charge in [-0.15, -0.1) is 0 Å². The van der Waals surface area contributed by atoms with E-state index in [0.29, 0.717) is 26.1 Å². The van der Waals surface area contributed by atoms with Crippen molar-refractivity contribution >= 4 is 5.97 Å². The maximum Gasteiger partial charge on any atom is 0.303 e. The number of rotatable bonds is 8. The number of carbonyl (C=O) groups is 1. The predicted molar refractivity (Wildman–Crippen MR) is 66.2 cm³/mol. The molecule has 1 rings (SSSR count). The number of hydrogen-bond acceptors (Lipinski definition) is 3. The lowest BCUT2D eigenvalue weighted by atomic mass is 10.2. The molecule has 0 saturated heterocycles. The topological polar surface area (TPSA) is 58.6 Å². The van der Waals surface area contributed by atoms with Crippen molar-refractivity contribution in [1.29, 1.82) is 0 Å². The minimum Gasteiger partial charge on any atom is -0.494 e. The van der Waals surface area contributed by atoms with E-state index in [1.807, 2.05) is 31.2 Å². The molecule has 2 N–H and O–H groups in total. The molecule has 0 amide bonds. The lowest BCUT2D eigenvalue weighted by Crippen LogP contribution is -2.16. The second kappa shape index (κ2) is 7.68. The average molecular weight is 237 g/mol. The number of para-hydroxylation sites is 1. The first-order valence-electron chi connectivity index (χ1n) is 5.87. The smallest absolute Gasteiger partial charge is 0.303 e. The lowest BCUT2D eigenvalue weighted by Gasteiger charge is -2.10. The zero-order valence-corrected chi connectivity index (χ0v) is 10.1. The Kier molecular flexibility index (Phi) is 6.10. The maximum atomic E-state index is 10.3. The van der Waals surface area contributed by atoms with E-state index in [1.54, 1.807) is 0 Å². The largest absolute Gasteiger partial charge is 0.494 e. The first-order chi connectivity index (χ1) is 8.24. The van der Waals surface area contributed by atoms with Gasteiger partial charge in [0.05, 0.1) is 6.61 Å². The van der Waals surface area contributed by atoms with E-state index in [0.717, 1.165) is 11.3 Å². The molecule has 0 heterocycles. The first-order valence-corrected chi connectivity index (χ1v) is 5.87. The molecule has 1 aromatic carbocycles. The Balaban J connectivity index is 2.33. The van der Waals surface area contributed by atoms with Crippen LogP contribution in [0, 0.1) is 0 Å². The van der Waals surface area contributed by atoms with Gasteiger partial charge >= 0.3 is 5.97 Å². The van der Waals surface area contributed by atoms with Crippen LogP contribution in [0.1, 0.15) is 25.3 Å². The van der Waals surface area contributed by atoms with E-state index in [-0.39, 0.29) is 6.42 Å². The summed E-state index contributed by atoms with van der Waals surface area (Å²) in [6, 6.07) is 7.86. The Morgan fingerprint density at radius 2 is 2.18 bits per heavy atom. The summed E-state index contributed by atoms with van der Waals surface area (Å²) in [5, 5.41) is 11.7. The molecule has 0 fully saturated rings. The fraction of sp³-hybridized carbons (Fsp3) is 0.462. The molecule has 4 nitrogen and oxygen atoms in total. The van der Waals surface area contributed by atoms with Crippen molar-refractivity contribution in [2.45, 2.75) is 26.3 Å². The third-order valence-electron chi connectivity index (χ3n) is 2.33. The van der Waals surface area contributed by atoms with Crippen LogP contribution in [0.3, 0.4) is 0 Å². The fourth-order valence-electron chi connectivity index (χ4n) is 1.53. The number of benzene rings is 1. The van der Waals surface area contributed by atoms with Crippen molar-refractivity contribution in [2.24, 2.45) is 0 Å². The number of carboxylic acid groups (broad SMARTS) is 1. The van der Waals surface area contributed by atoms with E-state index in [9.17, 15) is 4.79 Å². The second-order valence-corrected chi connectivity index (χ2v) is 3.71. The quantitative estimate of drug-likeness (QED) is 0.679. The highest BCUT2D eigenvalue weighted by Crippen LogP contribution is 2.17. The van der Waals surface area contributed by atoms with Gasteiger partial charge in [0, 0.05) is 18.5 Å². The minimum absolute atomic E-state index is 0.208. The molecule has 0 atom stereocenters. The summed E-state index contributed by atoms with van der Waals surface area (Å²) in [5.74, 6) is 0.141. The second-order valence-electron chi connectivity index (χ2n) is 3.71. The van der Waals surface area contributed by atoms with Crippen LogP contribution in [-0.2, 0) is 11.3 Å². The van der Waals surface area contributed by atoms with Crippen molar-refractivity contribution in [3.63, 3.8) is 0 Å². The van der Waals surface area contributed by atoms with Crippen LogP contribution in [0.5, 0.6) is 5.75 Å². The molecule has 1 aromatic rings. The Labute approximate surface area is 102 Å². The van der Waals surface area contributed by atoms with Gasteiger partial charge in [-0.25, -0.2) is 0 Å². The van der Waals surface area contributed by atoms with Gasteiger partial charge < -0.3 is 15.2 Å². The highest BCUT2D eigenvalue weighted by Gasteiger charge is 2.01. The molecule has 0 aliphatic carbocycles. The number of aliphatic carboxylic acids is 1. The Bertz CT molecular complexity index is 352. The van der Waals surface area contributed by atoms with Crippen LogP contribution < -0.4 is 10.1 Å². The summed E-state index contributed by atoms with van der Waals surface area (Å²) in [6.45, 7) is 4.01. The average Bonchev–Trinajstić information content (AvgIpc) is 2.31. The zero-order chi connectivity index (χ0) is 12.5. The van der Waals surface area contributed by atoms with Gasteiger partial charge in [-0.3, -0.25) is 4.79 Å². The summed E-state index contributed by atoms with van der Waals surface area (Å²) in [5.41, 5.74) is 1.10. The molecule has 0 aliphatic heterocycles. The molecule has 94 valence electrons. The third kappa shape index (κ3) is 5.36. The van der Waals surface area contributed by atoms with E-state index < -0.39 is 5.97 Å². The van der Waals surface area contributed by atoms with Crippen molar-refractivity contribution < 1.29 is 14.6 Å². The molecule has 0 aromatic heterocycles. The molecule has 17 heavy (non-hydrogen) atoms. The van der Waals surface area contributed by atoms with Gasteiger partial charge in [-0.2, -0.15) is 0 Å². The van der Waals surface area contributed by atoms with Crippen LogP contribution in [0.15, 0.2) is 24.3 Å². The Morgan fingerprint density at radius 1 is 1.41 bits per heavy atom. The Morgan fingerprint density at radius 3 is 2.88 bits per heavy atom. The van der Waals surface area contributed by atoms with Crippen LogP contribution in [0.4, 0.5) is 0 Å². The first kappa shape index (κ1) is 13.5.